The average molecular weight is 216 g/mol. The van der Waals surface area contributed by atoms with Crippen LogP contribution in [-0.2, 0) is 9.84 Å². The van der Waals surface area contributed by atoms with E-state index in [1.54, 1.807) is 6.08 Å². The third-order valence-electron chi connectivity index (χ3n) is 2.62. The van der Waals surface area contributed by atoms with Crippen molar-refractivity contribution >= 4 is 15.9 Å². The minimum absolute atomic E-state index is 0.0665. The van der Waals surface area contributed by atoms with Gasteiger partial charge in [-0.2, -0.15) is 0 Å². The molecule has 2 amide bonds. The third kappa shape index (κ3) is 1.39. The summed E-state index contributed by atoms with van der Waals surface area (Å²) in [7, 11) is -2.97. The Labute approximate surface area is 82.7 Å². The van der Waals surface area contributed by atoms with Crippen molar-refractivity contribution in [3.8, 4) is 0 Å². The molecule has 6 heteroatoms. The first-order valence-corrected chi connectivity index (χ1v) is 6.24. The molecule has 0 bridgehead atoms. The predicted molar refractivity (Wildman–Crippen MR) is 51.7 cm³/mol. The summed E-state index contributed by atoms with van der Waals surface area (Å²) in [5, 5.41) is 2.67. The smallest absolute Gasteiger partial charge is 0.318 e. The number of sulfone groups is 1. The highest BCUT2D eigenvalue weighted by Gasteiger charge is 2.48. The molecule has 0 aromatic carbocycles. The third-order valence-corrected chi connectivity index (χ3v) is 4.33. The van der Waals surface area contributed by atoms with E-state index in [1.165, 1.54) is 4.90 Å². The second-order valence-corrected chi connectivity index (χ2v) is 5.80. The van der Waals surface area contributed by atoms with E-state index in [-0.39, 0.29) is 29.6 Å². The molecule has 2 unspecified atom stereocenters. The maximum atomic E-state index is 11.4. The second kappa shape index (κ2) is 2.98. The summed E-state index contributed by atoms with van der Waals surface area (Å²) >= 11 is 0. The van der Waals surface area contributed by atoms with Crippen molar-refractivity contribution in [3.63, 3.8) is 0 Å². The molecule has 0 aromatic heterocycles. The Kier molecular flexibility index (Phi) is 2.02. The summed E-state index contributed by atoms with van der Waals surface area (Å²) in [5.41, 5.74) is 0. The Morgan fingerprint density at radius 1 is 1.57 bits per heavy atom. The SMILES string of the molecule is C=CCN1C(=O)NC2CS(=O)(=O)CC21. The zero-order chi connectivity index (χ0) is 10.3. The second-order valence-electron chi connectivity index (χ2n) is 3.64. The van der Waals surface area contributed by atoms with Crippen molar-refractivity contribution in [2.24, 2.45) is 0 Å². The molecule has 2 saturated heterocycles. The summed E-state index contributed by atoms with van der Waals surface area (Å²) in [6, 6.07) is -0.618. The number of nitrogens with zero attached hydrogens (tertiary/aromatic N) is 1. The number of carbonyl (C=O) groups excluding carboxylic acids is 1. The van der Waals surface area contributed by atoms with Crippen LogP contribution in [0.3, 0.4) is 0 Å². The lowest BCUT2D eigenvalue weighted by Crippen LogP contribution is -2.36. The Morgan fingerprint density at radius 3 is 2.93 bits per heavy atom. The summed E-state index contributed by atoms with van der Waals surface area (Å²) in [4.78, 5) is 12.9. The first-order valence-electron chi connectivity index (χ1n) is 4.42. The fourth-order valence-corrected chi connectivity index (χ4v) is 3.94. The number of amides is 2. The number of nitrogens with one attached hydrogen (secondary N) is 1. The van der Waals surface area contributed by atoms with Crippen LogP contribution in [0.25, 0.3) is 0 Å². The molecule has 14 heavy (non-hydrogen) atoms. The van der Waals surface area contributed by atoms with Crippen LogP contribution in [0.2, 0.25) is 0 Å². The molecule has 0 aliphatic carbocycles. The number of rotatable bonds is 2. The Hall–Kier alpha value is -1.04. The van der Waals surface area contributed by atoms with Crippen molar-refractivity contribution in [1.82, 2.24) is 10.2 Å². The van der Waals surface area contributed by atoms with Crippen LogP contribution >= 0.6 is 0 Å². The van der Waals surface area contributed by atoms with Crippen molar-refractivity contribution in [2.45, 2.75) is 12.1 Å². The number of carbonyl (C=O) groups is 1. The number of urea groups is 1. The van der Waals surface area contributed by atoms with E-state index in [0.717, 1.165) is 0 Å². The summed E-state index contributed by atoms with van der Waals surface area (Å²) in [5.74, 6) is 0.140. The first kappa shape index (κ1) is 9.51. The van der Waals surface area contributed by atoms with Gasteiger partial charge < -0.3 is 10.2 Å². The molecule has 0 aromatic rings. The van der Waals surface area contributed by atoms with Gasteiger partial charge in [0.2, 0.25) is 0 Å². The summed E-state index contributed by atoms with van der Waals surface area (Å²) in [6.07, 6.45) is 1.60. The van der Waals surface area contributed by atoms with Gasteiger partial charge in [0.15, 0.2) is 9.84 Å². The van der Waals surface area contributed by atoms with Crippen LogP contribution in [0.4, 0.5) is 4.79 Å². The lowest BCUT2D eigenvalue weighted by atomic mass is 10.2. The Morgan fingerprint density at radius 2 is 2.29 bits per heavy atom. The minimum atomic E-state index is -2.97. The van der Waals surface area contributed by atoms with Gasteiger partial charge in [-0.05, 0) is 0 Å². The van der Waals surface area contributed by atoms with Crippen molar-refractivity contribution in [1.29, 1.82) is 0 Å². The quantitative estimate of drug-likeness (QED) is 0.493. The van der Waals surface area contributed by atoms with Gasteiger partial charge in [0.05, 0.1) is 23.6 Å². The minimum Gasteiger partial charge on any atom is -0.332 e. The zero-order valence-corrected chi connectivity index (χ0v) is 8.46. The van der Waals surface area contributed by atoms with Crippen molar-refractivity contribution in [3.05, 3.63) is 12.7 Å². The summed E-state index contributed by atoms with van der Waals surface area (Å²) in [6.45, 7) is 3.94. The molecule has 2 atom stereocenters. The Balaban J connectivity index is 2.21. The molecule has 0 saturated carbocycles. The fourth-order valence-electron chi connectivity index (χ4n) is 2.02. The summed E-state index contributed by atoms with van der Waals surface area (Å²) < 4.78 is 22.6. The van der Waals surface area contributed by atoms with E-state index >= 15 is 0 Å². The van der Waals surface area contributed by atoms with E-state index in [2.05, 4.69) is 11.9 Å². The predicted octanol–water partition coefficient (Wildman–Crippen LogP) is -0.637. The zero-order valence-electron chi connectivity index (χ0n) is 7.64. The van der Waals surface area contributed by atoms with Gasteiger partial charge in [0, 0.05) is 6.54 Å². The van der Waals surface area contributed by atoms with Gasteiger partial charge in [-0.15, -0.1) is 6.58 Å². The molecule has 2 heterocycles. The van der Waals surface area contributed by atoms with Crippen LogP contribution in [0.1, 0.15) is 0 Å². The number of hydrogen-bond acceptors (Lipinski definition) is 3. The molecule has 2 rings (SSSR count). The van der Waals surface area contributed by atoms with Gasteiger partial charge in [0.1, 0.15) is 0 Å². The van der Waals surface area contributed by atoms with Crippen LogP contribution < -0.4 is 5.32 Å². The molecule has 2 fully saturated rings. The van der Waals surface area contributed by atoms with Crippen molar-refractivity contribution < 1.29 is 13.2 Å². The van der Waals surface area contributed by atoms with Gasteiger partial charge in [-0.1, -0.05) is 6.08 Å². The fraction of sp³-hybridized carbons (Fsp3) is 0.625. The van der Waals surface area contributed by atoms with E-state index in [1.807, 2.05) is 0 Å². The van der Waals surface area contributed by atoms with Crippen molar-refractivity contribution in [2.75, 3.05) is 18.1 Å². The van der Waals surface area contributed by atoms with E-state index < -0.39 is 9.84 Å². The van der Waals surface area contributed by atoms with E-state index in [4.69, 9.17) is 0 Å². The highest BCUT2D eigenvalue weighted by molar-refractivity contribution is 7.91. The molecular formula is C8H12N2O3S. The number of hydrogen-bond donors (Lipinski definition) is 1. The van der Waals surface area contributed by atoms with Crippen LogP contribution in [-0.4, -0.2) is 49.5 Å². The highest BCUT2D eigenvalue weighted by atomic mass is 32.2. The topological polar surface area (TPSA) is 66.5 Å². The monoisotopic (exact) mass is 216 g/mol. The van der Waals surface area contributed by atoms with Crippen LogP contribution in [0.5, 0.6) is 0 Å². The maximum Gasteiger partial charge on any atom is 0.318 e. The Bertz CT molecular complexity index is 376. The first-order chi connectivity index (χ1) is 6.53. The van der Waals surface area contributed by atoms with Crippen LogP contribution in [0.15, 0.2) is 12.7 Å². The molecule has 1 N–H and O–H groups in total. The van der Waals surface area contributed by atoms with Crippen LogP contribution in [0, 0.1) is 0 Å². The highest BCUT2D eigenvalue weighted by Crippen LogP contribution is 2.23. The lowest BCUT2D eigenvalue weighted by Gasteiger charge is -2.18. The molecule has 78 valence electrons. The molecule has 5 nitrogen and oxygen atoms in total. The average Bonchev–Trinajstić information content (AvgIpc) is 2.47. The van der Waals surface area contributed by atoms with E-state index in [0.29, 0.717) is 6.54 Å². The van der Waals surface area contributed by atoms with Gasteiger partial charge in [-0.25, -0.2) is 13.2 Å². The van der Waals surface area contributed by atoms with Gasteiger partial charge in [0.25, 0.3) is 0 Å². The molecule has 0 spiro atoms. The molecular weight excluding hydrogens is 204 g/mol. The van der Waals surface area contributed by atoms with Gasteiger partial charge >= 0.3 is 6.03 Å². The number of fused-ring (bicyclic) bond motifs is 1. The van der Waals surface area contributed by atoms with Gasteiger partial charge in [-0.3, -0.25) is 0 Å². The molecule has 2 aliphatic heterocycles. The largest absolute Gasteiger partial charge is 0.332 e. The molecule has 2 aliphatic rings. The maximum absolute atomic E-state index is 11.4. The standard InChI is InChI=1S/C8H12N2O3S/c1-2-3-10-7-5-14(12,13)4-6(7)9-8(10)11/h2,6-7H,1,3-5H2,(H,9,11). The molecule has 0 radical (unpaired) electrons. The normalized spacial score (nSPS) is 34.0. The van der Waals surface area contributed by atoms with E-state index in [9.17, 15) is 13.2 Å². The lowest BCUT2D eigenvalue weighted by molar-refractivity contribution is 0.213.